The second-order valence-electron chi connectivity index (χ2n) is 4.74. The van der Waals surface area contributed by atoms with Crippen LogP contribution in [0.5, 0.6) is 0 Å². The van der Waals surface area contributed by atoms with Crippen molar-refractivity contribution in [3.8, 4) is 0 Å². The molecule has 1 heterocycles. The van der Waals surface area contributed by atoms with E-state index in [0.29, 0.717) is 25.5 Å². The van der Waals surface area contributed by atoms with E-state index in [4.69, 9.17) is 4.74 Å². The highest BCUT2D eigenvalue weighted by atomic mass is 16.6. The Morgan fingerprint density at radius 2 is 2.28 bits per heavy atom. The Morgan fingerprint density at radius 1 is 1.56 bits per heavy atom. The van der Waals surface area contributed by atoms with Crippen LogP contribution in [0.3, 0.4) is 0 Å². The van der Waals surface area contributed by atoms with Gasteiger partial charge in [-0.2, -0.15) is 5.10 Å². The van der Waals surface area contributed by atoms with Gasteiger partial charge in [0.15, 0.2) is 0 Å². The predicted molar refractivity (Wildman–Crippen MR) is 68.5 cm³/mol. The Morgan fingerprint density at radius 3 is 2.83 bits per heavy atom. The standard InChI is InChI=1S/C12H21N3O3/c1-10(2)5-6-11-12(15(16)17)9-13-14(11)7-4-8-18-3/h9-10H,4-8H2,1-3H3. The van der Waals surface area contributed by atoms with Crippen molar-refractivity contribution in [1.29, 1.82) is 0 Å². The molecule has 1 aromatic heterocycles. The third-order valence-corrected chi connectivity index (χ3v) is 2.80. The Kier molecular flexibility index (Phi) is 5.77. The quantitative estimate of drug-likeness (QED) is 0.406. The molecule has 0 aliphatic carbocycles. The first-order valence-corrected chi connectivity index (χ1v) is 6.24. The first-order valence-electron chi connectivity index (χ1n) is 6.24. The number of ether oxygens (including phenoxy) is 1. The van der Waals surface area contributed by atoms with Gasteiger partial charge in [-0.15, -0.1) is 0 Å². The van der Waals surface area contributed by atoms with Crippen molar-refractivity contribution in [1.82, 2.24) is 9.78 Å². The molecule has 0 unspecified atom stereocenters. The normalized spacial score (nSPS) is 11.1. The van der Waals surface area contributed by atoms with E-state index in [2.05, 4.69) is 18.9 Å². The van der Waals surface area contributed by atoms with E-state index in [1.54, 1.807) is 11.8 Å². The van der Waals surface area contributed by atoms with E-state index in [1.165, 1.54) is 6.20 Å². The Bertz CT molecular complexity index is 388. The van der Waals surface area contributed by atoms with Crippen LogP contribution in [-0.2, 0) is 17.7 Å². The lowest BCUT2D eigenvalue weighted by atomic mass is 10.1. The number of nitrogens with zero attached hydrogens (tertiary/aromatic N) is 3. The minimum atomic E-state index is -0.352. The van der Waals surface area contributed by atoms with E-state index in [-0.39, 0.29) is 10.6 Å². The molecular weight excluding hydrogens is 234 g/mol. The van der Waals surface area contributed by atoms with Gasteiger partial charge < -0.3 is 4.74 Å². The molecule has 0 aromatic carbocycles. The fourth-order valence-electron chi connectivity index (χ4n) is 1.79. The number of aromatic nitrogens is 2. The summed E-state index contributed by atoms with van der Waals surface area (Å²) in [6, 6.07) is 0. The van der Waals surface area contributed by atoms with Gasteiger partial charge in [-0.05, 0) is 25.2 Å². The van der Waals surface area contributed by atoms with Crippen molar-refractivity contribution >= 4 is 5.69 Å². The van der Waals surface area contributed by atoms with E-state index >= 15 is 0 Å². The highest BCUT2D eigenvalue weighted by molar-refractivity contribution is 5.33. The maximum absolute atomic E-state index is 10.9. The average Bonchev–Trinajstić information content (AvgIpc) is 2.70. The van der Waals surface area contributed by atoms with Crippen molar-refractivity contribution in [2.75, 3.05) is 13.7 Å². The highest BCUT2D eigenvalue weighted by Gasteiger charge is 2.20. The van der Waals surface area contributed by atoms with Crippen LogP contribution in [0.2, 0.25) is 0 Å². The average molecular weight is 255 g/mol. The van der Waals surface area contributed by atoms with Crippen molar-refractivity contribution in [2.24, 2.45) is 5.92 Å². The van der Waals surface area contributed by atoms with Crippen LogP contribution in [-0.4, -0.2) is 28.4 Å². The molecule has 0 atom stereocenters. The lowest BCUT2D eigenvalue weighted by Gasteiger charge is -2.08. The van der Waals surface area contributed by atoms with Gasteiger partial charge in [0.2, 0.25) is 0 Å². The third-order valence-electron chi connectivity index (χ3n) is 2.80. The molecule has 0 bridgehead atoms. The predicted octanol–water partition coefficient (Wildman–Crippen LogP) is 2.42. The van der Waals surface area contributed by atoms with Crippen LogP contribution in [0.4, 0.5) is 5.69 Å². The largest absolute Gasteiger partial charge is 0.385 e. The fourth-order valence-corrected chi connectivity index (χ4v) is 1.79. The molecule has 0 amide bonds. The topological polar surface area (TPSA) is 70.2 Å². The minimum Gasteiger partial charge on any atom is -0.385 e. The Hall–Kier alpha value is -1.43. The van der Waals surface area contributed by atoms with Crippen LogP contribution >= 0.6 is 0 Å². The molecule has 0 aliphatic heterocycles. The van der Waals surface area contributed by atoms with Gasteiger partial charge in [0.1, 0.15) is 11.9 Å². The van der Waals surface area contributed by atoms with Crippen LogP contribution in [0.1, 0.15) is 32.4 Å². The molecule has 0 fully saturated rings. The highest BCUT2D eigenvalue weighted by Crippen LogP contribution is 2.21. The smallest absolute Gasteiger partial charge is 0.310 e. The van der Waals surface area contributed by atoms with Crippen LogP contribution in [0, 0.1) is 16.0 Å². The summed E-state index contributed by atoms with van der Waals surface area (Å²) in [7, 11) is 1.64. The number of hydrogen-bond acceptors (Lipinski definition) is 4. The monoisotopic (exact) mass is 255 g/mol. The molecule has 1 aromatic rings. The molecule has 1 rings (SSSR count). The minimum absolute atomic E-state index is 0.132. The number of aryl methyl sites for hydroxylation is 1. The zero-order chi connectivity index (χ0) is 13.5. The molecule has 6 nitrogen and oxygen atoms in total. The van der Waals surface area contributed by atoms with E-state index in [9.17, 15) is 10.1 Å². The number of nitro groups is 1. The fraction of sp³-hybridized carbons (Fsp3) is 0.750. The van der Waals surface area contributed by atoms with Crippen molar-refractivity contribution in [3.05, 3.63) is 22.0 Å². The summed E-state index contributed by atoms with van der Waals surface area (Å²) in [6.07, 6.45) is 3.78. The van der Waals surface area contributed by atoms with Gasteiger partial charge in [-0.25, -0.2) is 0 Å². The van der Waals surface area contributed by atoms with Gasteiger partial charge in [0.05, 0.1) is 4.92 Å². The molecule has 0 radical (unpaired) electrons. The van der Waals surface area contributed by atoms with Crippen LogP contribution in [0.15, 0.2) is 6.20 Å². The molecule has 0 aliphatic rings. The summed E-state index contributed by atoms with van der Waals surface area (Å²) >= 11 is 0. The van der Waals surface area contributed by atoms with E-state index < -0.39 is 0 Å². The molecular formula is C12H21N3O3. The van der Waals surface area contributed by atoms with Crippen molar-refractivity contribution in [2.45, 2.75) is 39.7 Å². The van der Waals surface area contributed by atoms with Gasteiger partial charge >= 0.3 is 5.69 Å². The molecule has 0 N–H and O–H groups in total. The van der Waals surface area contributed by atoms with Gasteiger partial charge in [-0.1, -0.05) is 13.8 Å². The van der Waals surface area contributed by atoms with E-state index in [1.807, 2.05) is 0 Å². The van der Waals surface area contributed by atoms with Crippen LogP contribution < -0.4 is 0 Å². The molecule has 0 saturated carbocycles. The molecule has 0 saturated heterocycles. The Balaban J connectivity index is 2.78. The van der Waals surface area contributed by atoms with Crippen LogP contribution in [0.25, 0.3) is 0 Å². The van der Waals surface area contributed by atoms with E-state index in [0.717, 1.165) is 18.5 Å². The zero-order valence-electron chi connectivity index (χ0n) is 11.3. The number of rotatable bonds is 8. The maximum Gasteiger partial charge on any atom is 0.310 e. The molecule has 0 spiro atoms. The second kappa shape index (κ2) is 7.10. The summed E-state index contributed by atoms with van der Waals surface area (Å²) in [4.78, 5) is 10.6. The molecule has 102 valence electrons. The molecule has 18 heavy (non-hydrogen) atoms. The Labute approximate surface area is 107 Å². The summed E-state index contributed by atoms with van der Waals surface area (Å²) in [5.41, 5.74) is 0.859. The van der Waals surface area contributed by atoms with Crippen molar-refractivity contribution in [3.63, 3.8) is 0 Å². The van der Waals surface area contributed by atoms with Gasteiger partial charge in [0.25, 0.3) is 0 Å². The first kappa shape index (κ1) is 14.6. The zero-order valence-corrected chi connectivity index (χ0v) is 11.3. The summed E-state index contributed by atoms with van der Waals surface area (Å²) < 4.78 is 6.72. The van der Waals surface area contributed by atoms with Crippen molar-refractivity contribution < 1.29 is 9.66 Å². The summed E-state index contributed by atoms with van der Waals surface area (Å²) in [5.74, 6) is 0.520. The summed E-state index contributed by atoms with van der Waals surface area (Å²) in [5, 5.41) is 15.0. The maximum atomic E-state index is 10.9. The lowest BCUT2D eigenvalue weighted by Crippen LogP contribution is -2.09. The third kappa shape index (κ3) is 4.10. The molecule has 6 heteroatoms. The van der Waals surface area contributed by atoms with Gasteiger partial charge in [-0.3, -0.25) is 14.8 Å². The number of methoxy groups -OCH3 is 1. The first-order chi connectivity index (χ1) is 8.56. The SMILES string of the molecule is COCCCn1ncc([N+](=O)[O-])c1CCC(C)C. The lowest BCUT2D eigenvalue weighted by molar-refractivity contribution is -0.385. The summed E-state index contributed by atoms with van der Waals surface area (Å²) in [6.45, 7) is 5.52. The van der Waals surface area contributed by atoms with Gasteiger partial charge in [0, 0.05) is 20.3 Å². The number of hydrogen-bond donors (Lipinski definition) is 0. The second-order valence-corrected chi connectivity index (χ2v) is 4.74.